The molecule has 2 aromatic carbocycles. The molecular formula is C22H27IN6O. The summed E-state index contributed by atoms with van der Waals surface area (Å²) >= 11 is 0. The van der Waals surface area contributed by atoms with Crippen LogP contribution in [-0.2, 0) is 25.9 Å². The Labute approximate surface area is 194 Å². The van der Waals surface area contributed by atoms with E-state index in [9.17, 15) is 0 Å². The van der Waals surface area contributed by atoms with Crippen molar-refractivity contribution in [2.24, 2.45) is 4.99 Å². The third-order valence-corrected chi connectivity index (χ3v) is 4.95. The van der Waals surface area contributed by atoms with Gasteiger partial charge < -0.3 is 15.4 Å². The number of aromatic nitrogens is 3. The monoisotopic (exact) mass is 518 g/mol. The van der Waals surface area contributed by atoms with Crippen LogP contribution in [0.1, 0.15) is 22.3 Å². The number of guanidine groups is 1. The molecule has 1 aromatic heterocycles. The summed E-state index contributed by atoms with van der Waals surface area (Å²) in [4.78, 5) is 8.32. The van der Waals surface area contributed by atoms with Gasteiger partial charge in [0.2, 0.25) is 0 Å². The molecule has 0 spiro atoms. The molecule has 8 heteroatoms. The van der Waals surface area contributed by atoms with Crippen LogP contribution >= 0.6 is 24.0 Å². The van der Waals surface area contributed by atoms with Crippen LogP contribution in [-0.4, -0.2) is 40.9 Å². The highest BCUT2D eigenvalue weighted by Gasteiger charge is 2.11. The van der Waals surface area contributed by atoms with E-state index in [1.807, 2.05) is 4.68 Å². The third-order valence-electron chi connectivity index (χ3n) is 4.95. The van der Waals surface area contributed by atoms with Crippen molar-refractivity contribution in [3.8, 4) is 5.75 Å². The minimum Gasteiger partial charge on any atom is -0.493 e. The number of nitrogens with one attached hydrogen (secondary N) is 2. The summed E-state index contributed by atoms with van der Waals surface area (Å²) in [5, 5.41) is 10.9. The summed E-state index contributed by atoms with van der Waals surface area (Å²) in [5.74, 6) is 1.83. The topological polar surface area (TPSA) is 76.4 Å². The Kier molecular flexibility index (Phi) is 8.06. The van der Waals surface area contributed by atoms with E-state index in [0.29, 0.717) is 13.1 Å². The second kappa shape index (κ2) is 11.0. The molecule has 0 aliphatic carbocycles. The maximum atomic E-state index is 5.57. The molecule has 7 nitrogen and oxygen atoms in total. The van der Waals surface area contributed by atoms with Crippen molar-refractivity contribution < 1.29 is 4.74 Å². The summed E-state index contributed by atoms with van der Waals surface area (Å²) in [6.45, 7) is 3.05. The maximum absolute atomic E-state index is 5.57. The van der Waals surface area contributed by atoms with E-state index >= 15 is 0 Å². The number of rotatable bonds is 7. The first-order chi connectivity index (χ1) is 14.3. The highest BCUT2D eigenvalue weighted by molar-refractivity contribution is 14.0. The molecule has 2 heterocycles. The predicted octanol–water partition coefficient (Wildman–Crippen LogP) is 2.79. The van der Waals surface area contributed by atoms with E-state index in [1.165, 1.54) is 22.3 Å². The van der Waals surface area contributed by atoms with Crippen molar-refractivity contribution >= 4 is 29.9 Å². The van der Waals surface area contributed by atoms with Gasteiger partial charge in [0.05, 0.1) is 13.2 Å². The lowest BCUT2D eigenvalue weighted by Gasteiger charge is -2.13. The lowest BCUT2D eigenvalue weighted by Crippen LogP contribution is -2.37. The quantitative estimate of drug-likeness (QED) is 0.286. The maximum Gasteiger partial charge on any atom is 0.191 e. The fraction of sp³-hybridized carbons (Fsp3) is 0.318. The SMILES string of the molecule is CN=C(NCCc1ccc2c(c1)CCO2)NCc1cccc(Cn2cncn2)c1.I. The van der Waals surface area contributed by atoms with Crippen LogP contribution in [0.25, 0.3) is 0 Å². The molecule has 0 radical (unpaired) electrons. The molecule has 0 saturated carbocycles. The van der Waals surface area contributed by atoms with Crippen molar-refractivity contribution in [1.29, 1.82) is 0 Å². The van der Waals surface area contributed by atoms with E-state index < -0.39 is 0 Å². The third kappa shape index (κ3) is 5.94. The number of halogens is 1. The largest absolute Gasteiger partial charge is 0.493 e. The predicted molar refractivity (Wildman–Crippen MR) is 129 cm³/mol. The van der Waals surface area contributed by atoms with Crippen molar-refractivity contribution in [3.05, 3.63) is 77.4 Å². The molecule has 3 aromatic rings. The highest BCUT2D eigenvalue weighted by atomic mass is 127. The second-order valence-electron chi connectivity index (χ2n) is 7.06. The zero-order valence-corrected chi connectivity index (χ0v) is 19.4. The Morgan fingerprint density at radius 1 is 1.13 bits per heavy atom. The molecule has 1 aliphatic heterocycles. The number of aliphatic imine (C=N–C) groups is 1. The number of hydrogen-bond donors (Lipinski definition) is 2. The Bertz CT molecular complexity index is 974. The molecule has 0 fully saturated rings. The minimum absolute atomic E-state index is 0. The van der Waals surface area contributed by atoms with Crippen molar-refractivity contribution in [3.63, 3.8) is 0 Å². The summed E-state index contributed by atoms with van der Waals surface area (Å²) in [5.41, 5.74) is 5.02. The zero-order valence-electron chi connectivity index (χ0n) is 17.0. The Morgan fingerprint density at radius 3 is 2.87 bits per heavy atom. The molecule has 4 rings (SSSR count). The summed E-state index contributed by atoms with van der Waals surface area (Å²) in [6.07, 6.45) is 5.24. The molecule has 0 unspecified atom stereocenters. The van der Waals surface area contributed by atoms with Crippen molar-refractivity contribution in [1.82, 2.24) is 25.4 Å². The van der Waals surface area contributed by atoms with Crippen LogP contribution < -0.4 is 15.4 Å². The van der Waals surface area contributed by atoms with Crippen LogP contribution in [0.5, 0.6) is 5.75 Å². The van der Waals surface area contributed by atoms with Gasteiger partial charge in [-0.05, 0) is 34.7 Å². The molecular weight excluding hydrogens is 491 g/mol. The van der Waals surface area contributed by atoms with Crippen LogP contribution in [0.4, 0.5) is 0 Å². The Morgan fingerprint density at radius 2 is 2.03 bits per heavy atom. The van der Waals surface area contributed by atoms with Crippen LogP contribution in [0, 0.1) is 0 Å². The van der Waals surface area contributed by atoms with Crippen LogP contribution in [0.2, 0.25) is 0 Å². The average Bonchev–Trinajstić information content (AvgIpc) is 3.42. The first kappa shape index (κ1) is 22.1. The number of benzene rings is 2. The molecule has 0 bridgehead atoms. The summed E-state index contributed by atoms with van der Waals surface area (Å²) in [7, 11) is 1.79. The van der Waals surface area contributed by atoms with Gasteiger partial charge in [-0.25, -0.2) is 9.67 Å². The smallest absolute Gasteiger partial charge is 0.191 e. The van der Waals surface area contributed by atoms with Crippen LogP contribution in [0.3, 0.4) is 0 Å². The van der Waals surface area contributed by atoms with E-state index in [0.717, 1.165) is 37.7 Å². The molecule has 30 heavy (non-hydrogen) atoms. The van der Waals surface area contributed by atoms with Gasteiger partial charge in [-0.1, -0.05) is 36.4 Å². The fourth-order valence-corrected chi connectivity index (χ4v) is 3.47. The summed E-state index contributed by atoms with van der Waals surface area (Å²) < 4.78 is 7.39. The first-order valence-electron chi connectivity index (χ1n) is 9.89. The van der Waals surface area contributed by atoms with E-state index in [4.69, 9.17) is 4.74 Å². The second-order valence-corrected chi connectivity index (χ2v) is 7.06. The van der Waals surface area contributed by atoms with Crippen LogP contribution in [0.15, 0.2) is 60.1 Å². The first-order valence-corrected chi connectivity index (χ1v) is 9.89. The van der Waals surface area contributed by atoms with E-state index in [1.54, 1.807) is 19.7 Å². The standard InChI is InChI=1S/C22H26N6O.HI/c1-23-22(25-9-7-17-5-6-21-20(12-17)8-10-29-21)26-13-18-3-2-4-19(11-18)14-28-16-24-15-27-28;/h2-6,11-12,15-16H,7-10,13-14H2,1H3,(H2,23,25,26);1H. The zero-order chi connectivity index (χ0) is 19.9. The average molecular weight is 518 g/mol. The normalized spacial score (nSPS) is 12.6. The lowest BCUT2D eigenvalue weighted by molar-refractivity contribution is 0.357. The fourth-order valence-electron chi connectivity index (χ4n) is 3.47. The van der Waals surface area contributed by atoms with Gasteiger partial charge in [0, 0.05) is 26.6 Å². The molecule has 2 N–H and O–H groups in total. The Hall–Kier alpha value is -2.62. The van der Waals surface area contributed by atoms with Gasteiger partial charge in [0.25, 0.3) is 0 Å². The van der Waals surface area contributed by atoms with Gasteiger partial charge in [-0.2, -0.15) is 5.10 Å². The number of fused-ring (bicyclic) bond motifs is 1. The number of nitrogens with zero attached hydrogens (tertiary/aromatic N) is 4. The highest BCUT2D eigenvalue weighted by Crippen LogP contribution is 2.25. The van der Waals surface area contributed by atoms with Gasteiger partial charge in [-0.15, -0.1) is 24.0 Å². The van der Waals surface area contributed by atoms with Gasteiger partial charge in [0.1, 0.15) is 18.4 Å². The van der Waals surface area contributed by atoms with E-state index in [2.05, 4.69) is 68.2 Å². The minimum atomic E-state index is 0. The lowest BCUT2D eigenvalue weighted by atomic mass is 10.1. The molecule has 0 saturated heterocycles. The molecule has 1 aliphatic rings. The Balaban J connectivity index is 0.00000256. The van der Waals surface area contributed by atoms with Gasteiger partial charge in [0.15, 0.2) is 5.96 Å². The van der Waals surface area contributed by atoms with Gasteiger partial charge in [-0.3, -0.25) is 4.99 Å². The number of ether oxygens (including phenoxy) is 1. The van der Waals surface area contributed by atoms with Gasteiger partial charge >= 0.3 is 0 Å². The summed E-state index contributed by atoms with van der Waals surface area (Å²) in [6, 6.07) is 14.9. The van der Waals surface area contributed by atoms with Crippen molar-refractivity contribution in [2.45, 2.75) is 25.9 Å². The molecule has 0 atom stereocenters. The van der Waals surface area contributed by atoms with Crippen molar-refractivity contribution in [2.75, 3.05) is 20.2 Å². The van der Waals surface area contributed by atoms with E-state index in [-0.39, 0.29) is 24.0 Å². The molecule has 0 amide bonds. The number of hydrogen-bond acceptors (Lipinski definition) is 4. The molecule has 158 valence electrons.